The quantitative estimate of drug-likeness (QED) is 0.776. The van der Waals surface area contributed by atoms with Crippen LogP contribution in [0, 0.1) is 11.3 Å². The van der Waals surface area contributed by atoms with Crippen LogP contribution >= 0.6 is 15.9 Å². The van der Waals surface area contributed by atoms with E-state index >= 15 is 0 Å². The number of rotatable bonds is 4. The maximum absolute atomic E-state index is 12.0. The van der Waals surface area contributed by atoms with Gasteiger partial charge in [0.1, 0.15) is 18.4 Å². The molecule has 0 radical (unpaired) electrons. The molecule has 9 heteroatoms. The van der Waals surface area contributed by atoms with Gasteiger partial charge in [-0.15, -0.1) is 0 Å². The van der Waals surface area contributed by atoms with Crippen LogP contribution in [-0.2, 0) is 14.3 Å². The molecular weight excluding hydrogens is 370 g/mol. The first-order valence-electron chi connectivity index (χ1n) is 6.78. The monoisotopic (exact) mass is 383 g/mol. The van der Waals surface area contributed by atoms with Crippen molar-refractivity contribution in [1.82, 2.24) is 9.55 Å². The van der Waals surface area contributed by atoms with Gasteiger partial charge in [0, 0.05) is 19.5 Å². The Bertz CT molecular complexity index is 776. The van der Waals surface area contributed by atoms with Gasteiger partial charge in [0.2, 0.25) is 0 Å². The number of hydrogen-bond acceptors (Lipinski definition) is 6. The lowest BCUT2D eigenvalue weighted by Gasteiger charge is -2.15. The van der Waals surface area contributed by atoms with Crippen molar-refractivity contribution in [3.8, 4) is 6.07 Å². The molecule has 1 N–H and O–H groups in total. The average Bonchev–Trinajstić information content (AvgIpc) is 2.84. The Hall–Kier alpha value is -2.18. The largest absolute Gasteiger partial charge is 0.460 e. The number of ether oxygens (including phenoxy) is 2. The van der Waals surface area contributed by atoms with E-state index < -0.39 is 35.7 Å². The summed E-state index contributed by atoms with van der Waals surface area (Å²) in [4.78, 5) is 38.5. The minimum atomic E-state index is -0.732. The molecule has 8 nitrogen and oxygen atoms in total. The second-order valence-electron chi connectivity index (χ2n) is 4.92. The number of aromatic amines is 1. The van der Waals surface area contributed by atoms with E-state index in [2.05, 4.69) is 20.9 Å². The highest BCUT2D eigenvalue weighted by Crippen LogP contribution is 2.31. The molecule has 3 atom stereocenters. The molecule has 2 heterocycles. The van der Waals surface area contributed by atoms with Gasteiger partial charge >= 0.3 is 11.7 Å². The number of carbonyl (C=O) groups excluding carboxylic acids is 1. The normalized spacial score (nSPS) is 23.8. The van der Waals surface area contributed by atoms with E-state index in [9.17, 15) is 14.4 Å². The highest BCUT2D eigenvalue weighted by atomic mass is 79.9. The fraction of sp³-hybridized carbons (Fsp3) is 0.429. The van der Waals surface area contributed by atoms with Gasteiger partial charge in [-0.2, -0.15) is 5.26 Å². The van der Waals surface area contributed by atoms with Crippen LogP contribution in [0.3, 0.4) is 0 Å². The second-order valence-corrected chi connectivity index (χ2v) is 5.45. The first kappa shape index (κ1) is 17.2. The first-order valence-corrected chi connectivity index (χ1v) is 7.69. The molecule has 0 saturated carbocycles. The van der Waals surface area contributed by atoms with E-state index in [-0.39, 0.29) is 18.4 Å². The lowest BCUT2D eigenvalue weighted by Crippen LogP contribution is -2.33. The van der Waals surface area contributed by atoms with Gasteiger partial charge < -0.3 is 9.47 Å². The van der Waals surface area contributed by atoms with Gasteiger partial charge in [-0.3, -0.25) is 19.1 Å². The van der Waals surface area contributed by atoms with Gasteiger partial charge in [-0.25, -0.2) is 4.79 Å². The van der Waals surface area contributed by atoms with Crippen LogP contribution in [0.5, 0.6) is 0 Å². The molecule has 122 valence electrons. The summed E-state index contributed by atoms with van der Waals surface area (Å²) in [6.07, 6.45) is 1.12. The van der Waals surface area contributed by atoms with Gasteiger partial charge in [0.25, 0.3) is 5.56 Å². The van der Waals surface area contributed by atoms with Crippen molar-refractivity contribution in [2.24, 2.45) is 0 Å². The third-order valence-corrected chi connectivity index (χ3v) is 3.60. The van der Waals surface area contributed by atoms with Crippen LogP contribution in [0.2, 0.25) is 0 Å². The molecule has 0 unspecified atom stereocenters. The molecule has 0 amide bonds. The van der Waals surface area contributed by atoms with Gasteiger partial charge in [-0.05, 0) is 11.1 Å². The Morgan fingerprint density at radius 1 is 1.65 bits per heavy atom. The third-order valence-electron chi connectivity index (χ3n) is 3.34. The summed E-state index contributed by atoms with van der Waals surface area (Å²) in [6, 6.07) is 1.96. The summed E-state index contributed by atoms with van der Waals surface area (Å²) in [7, 11) is 0. The summed E-state index contributed by atoms with van der Waals surface area (Å²) >= 11 is 3.07. The molecule has 1 aliphatic heterocycles. The van der Waals surface area contributed by atoms with Crippen molar-refractivity contribution in [2.75, 3.05) is 0 Å². The van der Waals surface area contributed by atoms with Crippen molar-refractivity contribution >= 4 is 28.0 Å². The van der Waals surface area contributed by atoms with Gasteiger partial charge in [-0.1, -0.05) is 15.9 Å². The Labute approximate surface area is 139 Å². The molecule has 1 aromatic rings. The van der Waals surface area contributed by atoms with Crippen molar-refractivity contribution in [3.05, 3.63) is 37.6 Å². The smallest absolute Gasteiger partial charge is 0.330 e. The summed E-state index contributed by atoms with van der Waals surface area (Å²) in [5.74, 6) is -0.487. The Balaban J connectivity index is 2.34. The number of H-pyrrole nitrogens is 1. The molecule has 1 aliphatic rings. The number of hydrogen-bond donors (Lipinski definition) is 1. The Morgan fingerprint density at radius 2 is 2.39 bits per heavy atom. The fourth-order valence-corrected chi connectivity index (χ4v) is 2.67. The Kier molecular flexibility index (Phi) is 5.52. The highest BCUT2D eigenvalue weighted by Gasteiger charge is 2.38. The van der Waals surface area contributed by atoms with Crippen molar-refractivity contribution in [3.63, 3.8) is 0 Å². The van der Waals surface area contributed by atoms with Crippen molar-refractivity contribution in [2.45, 2.75) is 38.2 Å². The number of nitriles is 1. The molecule has 0 bridgehead atoms. The summed E-state index contributed by atoms with van der Waals surface area (Å²) in [5, 5.41) is 8.84. The molecule has 0 aromatic carbocycles. The van der Waals surface area contributed by atoms with Gasteiger partial charge in [0.05, 0.1) is 18.1 Å². The van der Waals surface area contributed by atoms with Gasteiger partial charge in [0.15, 0.2) is 0 Å². The average molecular weight is 384 g/mol. The van der Waals surface area contributed by atoms with E-state index in [4.69, 9.17) is 14.7 Å². The predicted molar refractivity (Wildman–Crippen MR) is 83.6 cm³/mol. The Morgan fingerprint density at radius 3 is 3.00 bits per heavy atom. The zero-order chi connectivity index (χ0) is 17.0. The molecule has 1 aromatic heterocycles. The minimum Gasteiger partial charge on any atom is -0.460 e. The maximum Gasteiger partial charge on any atom is 0.330 e. The minimum absolute atomic E-state index is 0.0285. The number of nitrogens with zero attached hydrogens (tertiary/aromatic N) is 2. The van der Waals surface area contributed by atoms with Crippen LogP contribution in [0.4, 0.5) is 0 Å². The first-order chi connectivity index (χ1) is 11.0. The van der Waals surface area contributed by atoms with Crippen LogP contribution in [-0.4, -0.2) is 27.7 Å². The molecule has 0 aliphatic carbocycles. The van der Waals surface area contributed by atoms with Crippen molar-refractivity contribution in [1.29, 1.82) is 5.26 Å². The maximum atomic E-state index is 12.0. The molecule has 0 spiro atoms. The lowest BCUT2D eigenvalue weighted by atomic mass is 10.1. The third kappa shape index (κ3) is 3.97. The summed E-state index contributed by atoms with van der Waals surface area (Å²) in [6.45, 7) is 1.27. The van der Waals surface area contributed by atoms with Crippen LogP contribution in [0.25, 0.3) is 6.08 Å². The van der Waals surface area contributed by atoms with E-state index in [1.807, 2.05) is 6.07 Å². The van der Waals surface area contributed by atoms with Crippen molar-refractivity contribution < 1.29 is 14.3 Å². The zero-order valence-electron chi connectivity index (χ0n) is 12.2. The van der Waals surface area contributed by atoms with E-state index in [1.165, 1.54) is 28.7 Å². The molecule has 2 rings (SSSR count). The van der Waals surface area contributed by atoms with Crippen LogP contribution < -0.4 is 11.2 Å². The molecule has 1 fully saturated rings. The number of halogens is 1. The predicted octanol–water partition coefficient (Wildman–Crippen LogP) is 1.04. The van der Waals surface area contributed by atoms with E-state index in [0.29, 0.717) is 0 Å². The number of esters is 1. The highest BCUT2D eigenvalue weighted by molar-refractivity contribution is 9.11. The second kappa shape index (κ2) is 7.39. The molecule has 1 saturated heterocycles. The number of aromatic nitrogens is 2. The standard InChI is InChI=1S/C14H14BrN3O5/c1-8(19)22-11-6-12(23-10(11)3-5-16)18-7-9(2-4-15)13(20)17-14(18)21/h2,4,7,10-12H,3,6H2,1H3,(H,17,20,21)/b4-2+/t10-,11+,12-/m1/s1. The number of carbonyl (C=O) groups is 1. The van der Waals surface area contributed by atoms with E-state index in [1.54, 1.807) is 0 Å². The van der Waals surface area contributed by atoms with Crippen LogP contribution in [0.1, 0.15) is 31.6 Å². The number of nitrogens with one attached hydrogen (secondary N) is 1. The molecular formula is C14H14BrN3O5. The summed E-state index contributed by atoms with van der Waals surface area (Å²) in [5.41, 5.74) is -0.895. The SMILES string of the molecule is CC(=O)O[C@H]1C[C@H](n2cc(/C=C/Br)c(=O)[nH]c2=O)O[C@@H]1CC#N. The topological polar surface area (TPSA) is 114 Å². The molecule has 23 heavy (non-hydrogen) atoms. The van der Waals surface area contributed by atoms with Crippen LogP contribution in [0.15, 0.2) is 20.8 Å². The fourth-order valence-electron chi connectivity index (χ4n) is 2.38. The zero-order valence-corrected chi connectivity index (χ0v) is 13.8. The lowest BCUT2D eigenvalue weighted by molar-refractivity contribution is -0.149. The van der Waals surface area contributed by atoms with E-state index in [0.717, 1.165) is 0 Å². The summed E-state index contributed by atoms with van der Waals surface area (Å²) < 4.78 is 12.0.